The number of pyridine rings is 2. The normalized spacial score (nSPS) is 16.9. The molecule has 5 rings (SSSR count). The topological polar surface area (TPSA) is 115 Å². The monoisotopic (exact) mass is 512 g/mol. The number of fused-ring (bicyclic) bond motifs is 1. The van der Waals surface area contributed by atoms with E-state index in [1.807, 2.05) is 4.90 Å². The molecule has 3 aromatic rings. The second kappa shape index (κ2) is 9.72. The zero-order chi connectivity index (χ0) is 26.3. The summed E-state index contributed by atoms with van der Waals surface area (Å²) in [7, 11) is 0. The number of rotatable bonds is 5. The van der Waals surface area contributed by atoms with E-state index in [4.69, 9.17) is 5.11 Å². The Hall–Kier alpha value is -4.15. The maximum Gasteiger partial charge on any atom is 0.404 e. The lowest BCUT2D eigenvalue weighted by molar-refractivity contribution is 0.103. The molecule has 1 aromatic carbocycles. The number of carbonyl (C=O) groups excluding carboxylic acids is 1. The molecule has 1 saturated heterocycles. The highest BCUT2D eigenvalue weighted by atomic mass is 19.1. The number of aryl methyl sites for hydroxylation is 1. The second-order valence-corrected chi connectivity index (χ2v) is 9.18. The lowest BCUT2D eigenvalue weighted by atomic mass is 9.97. The van der Waals surface area contributed by atoms with Gasteiger partial charge in [-0.2, -0.15) is 0 Å². The van der Waals surface area contributed by atoms with E-state index in [9.17, 15) is 27.6 Å². The summed E-state index contributed by atoms with van der Waals surface area (Å²) in [6, 6.07) is 4.59. The number of aromatic nitrogens is 2. The molecule has 0 unspecified atom stereocenters. The molecule has 2 aromatic heterocycles. The highest BCUT2D eigenvalue weighted by molar-refractivity contribution is 6.11. The number of ketones is 1. The van der Waals surface area contributed by atoms with Crippen LogP contribution < -0.4 is 15.8 Å². The molecule has 1 aliphatic heterocycles. The van der Waals surface area contributed by atoms with E-state index in [-0.39, 0.29) is 17.8 Å². The van der Waals surface area contributed by atoms with Crippen molar-refractivity contribution in [2.45, 2.75) is 38.1 Å². The van der Waals surface area contributed by atoms with Gasteiger partial charge in [-0.1, -0.05) is 6.07 Å². The molecule has 3 heterocycles. The minimum Gasteiger partial charge on any atom is -0.465 e. The summed E-state index contributed by atoms with van der Waals surface area (Å²) in [4.78, 5) is 46.7. The van der Waals surface area contributed by atoms with E-state index in [1.54, 1.807) is 0 Å². The number of amides is 1. The van der Waals surface area contributed by atoms with Gasteiger partial charge in [0.05, 0.1) is 11.3 Å². The van der Waals surface area contributed by atoms with Crippen molar-refractivity contribution in [2.24, 2.45) is 0 Å². The molecule has 1 aliphatic carbocycles. The molecule has 1 amide bonds. The minimum absolute atomic E-state index is 0.212. The van der Waals surface area contributed by atoms with Crippen molar-refractivity contribution in [1.82, 2.24) is 15.3 Å². The predicted octanol–water partition coefficient (Wildman–Crippen LogP) is 3.81. The largest absolute Gasteiger partial charge is 0.465 e. The molecule has 1 atom stereocenters. The zero-order valence-electron chi connectivity index (χ0n) is 19.6. The van der Waals surface area contributed by atoms with Crippen molar-refractivity contribution in [3.05, 3.63) is 80.7 Å². The molecule has 0 spiro atoms. The fourth-order valence-corrected chi connectivity index (χ4v) is 5.23. The highest BCUT2D eigenvalue weighted by Crippen LogP contribution is 2.35. The lowest BCUT2D eigenvalue weighted by Gasteiger charge is -2.36. The summed E-state index contributed by atoms with van der Waals surface area (Å²) in [6.45, 7) is 0.752. The number of hydrogen-bond acceptors (Lipinski definition) is 5. The number of carbonyl (C=O) groups is 2. The first-order valence-electron chi connectivity index (χ1n) is 11.9. The molecule has 3 N–H and O–H groups in total. The molecule has 192 valence electrons. The van der Waals surface area contributed by atoms with Crippen LogP contribution in [0.5, 0.6) is 0 Å². The van der Waals surface area contributed by atoms with E-state index < -0.39 is 52.2 Å². The Balaban J connectivity index is 1.62. The Morgan fingerprint density at radius 1 is 1.05 bits per heavy atom. The predicted molar refractivity (Wildman–Crippen MR) is 128 cm³/mol. The third-order valence-corrected chi connectivity index (χ3v) is 6.80. The molecular formula is C26H23F3N4O4. The number of hydrogen-bond donors (Lipinski definition) is 3. The van der Waals surface area contributed by atoms with Gasteiger partial charge in [-0.3, -0.25) is 9.59 Å². The van der Waals surface area contributed by atoms with Crippen LogP contribution in [0.4, 0.5) is 23.7 Å². The van der Waals surface area contributed by atoms with Crippen LogP contribution in [0.3, 0.4) is 0 Å². The summed E-state index contributed by atoms with van der Waals surface area (Å²) in [5.41, 5.74) is -0.689. The molecule has 0 bridgehead atoms. The molecular weight excluding hydrogens is 489 g/mol. The van der Waals surface area contributed by atoms with Crippen LogP contribution in [0.1, 0.15) is 46.6 Å². The SMILES string of the molecule is O=C(O)N[C@H]1CCCN(c2c3c([nH]c(=O)c2C(=O)c2ccc(F)c(-c4c(F)cccc4F)n2)CCC3)C1. The molecule has 11 heteroatoms. The number of piperidine rings is 1. The lowest BCUT2D eigenvalue weighted by Crippen LogP contribution is -2.48. The van der Waals surface area contributed by atoms with E-state index in [0.717, 1.165) is 42.3 Å². The Kier molecular flexibility index (Phi) is 6.45. The number of nitrogens with one attached hydrogen (secondary N) is 2. The Morgan fingerprint density at radius 2 is 1.81 bits per heavy atom. The first kappa shape index (κ1) is 24.5. The Bertz CT molecular complexity index is 1450. The van der Waals surface area contributed by atoms with Gasteiger partial charge in [0, 0.05) is 24.8 Å². The van der Waals surface area contributed by atoms with E-state index >= 15 is 0 Å². The smallest absolute Gasteiger partial charge is 0.404 e. The van der Waals surface area contributed by atoms with Crippen LogP contribution in [0.25, 0.3) is 11.3 Å². The first-order chi connectivity index (χ1) is 17.7. The molecule has 2 aliphatic rings. The third-order valence-electron chi connectivity index (χ3n) is 6.80. The van der Waals surface area contributed by atoms with Crippen LogP contribution in [-0.4, -0.2) is 46.1 Å². The van der Waals surface area contributed by atoms with Gasteiger partial charge in [-0.05, 0) is 61.9 Å². The van der Waals surface area contributed by atoms with E-state index in [2.05, 4.69) is 15.3 Å². The second-order valence-electron chi connectivity index (χ2n) is 9.18. The van der Waals surface area contributed by atoms with Crippen molar-refractivity contribution in [3.63, 3.8) is 0 Å². The number of aromatic amines is 1. The van der Waals surface area contributed by atoms with E-state index in [1.165, 1.54) is 0 Å². The zero-order valence-corrected chi connectivity index (χ0v) is 19.6. The molecule has 1 fully saturated rings. The van der Waals surface area contributed by atoms with Crippen LogP contribution in [-0.2, 0) is 12.8 Å². The Morgan fingerprint density at radius 3 is 2.54 bits per heavy atom. The van der Waals surface area contributed by atoms with Crippen molar-refractivity contribution in [2.75, 3.05) is 18.0 Å². The van der Waals surface area contributed by atoms with Crippen molar-refractivity contribution < 1.29 is 27.9 Å². The van der Waals surface area contributed by atoms with Crippen LogP contribution in [0.2, 0.25) is 0 Å². The van der Waals surface area contributed by atoms with Gasteiger partial charge in [0.15, 0.2) is 0 Å². The number of halogens is 3. The highest BCUT2D eigenvalue weighted by Gasteiger charge is 2.33. The Labute approximate surface area is 209 Å². The van der Waals surface area contributed by atoms with Crippen molar-refractivity contribution in [3.8, 4) is 11.3 Å². The summed E-state index contributed by atoms with van der Waals surface area (Å²) in [5.74, 6) is -3.94. The van der Waals surface area contributed by atoms with Crippen LogP contribution in [0, 0.1) is 17.5 Å². The number of benzene rings is 1. The minimum atomic E-state index is -1.16. The fourth-order valence-electron chi connectivity index (χ4n) is 5.23. The summed E-state index contributed by atoms with van der Waals surface area (Å²) in [5, 5.41) is 11.6. The average Bonchev–Trinajstić information content (AvgIpc) is 3.31. The maximum atomic E-state index is 14.6. The van der Waals surface area contributed by atoms with Gasteiger partial charge in [0.1, 0.15) is 34.4 Å². The fraction of sp³-hybridized carbons (Fsp3) is 0.308. The van der Waals surface area contributed by atoms with Gasteiger partial charge >= 0.3 is 6.09 Å². The quantitative estimate of drug-likeness (QED) is 0.448. The number of carboxylic acid groups (broad SMARTS) is 1. The first-order valence-corrected chi connectivity index (χ1v) is 11.9. The average molecular weight is 512 g/mol. The van der Waals surface area contributed by atoms with Crippen LogP contribution >= 0.6 is 0 Å². The van der Waals surface area contributed by atoms with Gasteiger partial charge in [0.2, 0.25) is 5.78 Å². The molecule has 8 nitrogen and oxygen atoms in total. The number of nitrogens with zero attached hydrogens (tertiary/aromatic N) is 2. The maximum absolute atomic E-state index is 14.6. The van der Waals surface area contributed by atoms with Gasteiger partial charge < -0.3 is 20.3 Å². The molecule has 37 heavy (non-hydrogen) atoms. The van der Waals surface area contributed by atoms with Gasteiger partial charge in [-0.15, -0.1) is 0 Å². The summed E-state index contributed by atoms with van der Waals surface area (Å²) < 4.78 is 43.4. The standard InChI is InChI=1S/C26H23F3N4O4/c27-15-6-2-7-16(28)20(15)22-17(29)9-10-19(31-22)24(34)21-23(14-5-1-8-18(14)32-25(21)35)33-11-3-4-13(12-33)30-26(36)37/h2,6-7,9-10,13,30H,1,3-5,8,11-12H2,(H,32,35)(H,36,37)/t13-/m0/s1. The molecule has 0 saturated carbocycles. The molecule has 0 radical (unpaired) electrons. The van der Waals surface area contributed by atoms with Gasteiger partial charge in [-0.25, -0.2) is 22.9 Å². The summed E-state index contributed by atoms with van der Waals surface area (Å²) >= 11 is 0. The van der Waals surface area contributed by atoms with Crippen molar-refractivity contribution >= 4 is 17.6 Å². The van der Waals surface area contributed by atoms with Gasteiger partial charge in [0.25, 0.3) is 5.56 Å². The third kappa shape index (κ3) is 4.56. The number of H-pyrrole nitrogens is 1. The van der Waals surface area contributed by atoms with Crippen molar-refractivity contribution in [1.29, 1.82) is 0 Å². The summed E-state index contributed by atoms with van der Waals surface area (Å²) in [6.07, 6.45) is 2.08. The number of anilines is 1. The van der Waals surface area contributed by atoms with Crippen LogP contribution in [0.15, 0.2) is 35.1 Å². The van der Waals surface area contributed by atoms with E-state index in [0.29, 0.717) is 43.6 Å².